The van der Waals surface area contributed by atoms with Crippen molar-refractivity contribution in [2.45, 2.75) is 45.7 Å². The van der Waals surface area contributed by atoms with Crippen LogP contribution >= 0.6 is 11.8 Å². The number of amides is 1. The smallest absolute Gasteiger partial charge is 0.224 e. The lowest BCUT2D eigenvalue weighted by atomic mass is 10.1. The number of carbonyl (C=O) groups is 1. The second kappa shape index (κ2) is 11.3. The molecule has 0 radical (unpaired) electrons. The third kappa shape index (κ3) is 6.40. The molecule has 0 spiro atoms. The standard InChI is InChI=1S/C20H32N2O3S/c1-4-9-22(20(23)13-17-15-26-11-8-21-17)14-16-6-7-18(25-10-5-2)19(12-16)24-3/h6-7,12,17,21H,4-5,8-11,13-15H2,1-3H3. The molecule has 0 saturated carbocycles. The highest BCUT2D eigenvalue weighted by molar-refractivity contribution is 7.99. The van der Waals surface area contributed by atoms with E-state index >= 15 is 0 Å². The topological polar surface area (TPSA) is 50.8 Å². The van der Waals surface area contributed by atoms with Gasteiger partial charge in [0, 0.05) is 43.6 Å². The molecule has 26 heavy (non-hydrogen) atoms. The molecule has 1 aliphatic heterocycles. The number of nitrogens with zero attached hydrogens (tertiary/aromatic N) is 1. The Morgan fingerprint density at radius 2 is 2.15 bits per heavy atom. The van der Waals surface area contributed by atoms with E-state index in [-0.39, 0.29) is 5.91 Å². The van der Waals surface area contributed by atoms with Crippen LogP contribution in [0.4, 0.5) is 0 Å². The summed E-state index contributed by atoms with van der Waals surface area (Å²) in [6.45, 7) is 7.23. The van der Waals surface area contributed by atoms with E-state index in [1.807, 2.05) is 34.9 Å². The quantitative estimate of drug-likeness (QED) is 0.675. The van der Waals surface area contributed by atoms with E-state index in [0.717, 1.165) is 54.5 Å². The van der Waals surface area contributed by atoms with Crippen molar-refractivity contribution in [3.8, 4) is 11.5 Å². The first kappa shape index (κ1) is 20.9. The fourth-order valence-electron chi connectivity index (χ4n) is 3.01. The van der Waals surface area contributed by atoms with E-state index in [4.69, 9.17) is 9.47 Å². The molecule has 146 valence electrons. The molecule has 1 aromatic rings. The summed E-state index contributed by atoms with van der Waals surface area (Å²) in [5.74, 6) is 3.86. The van der Waals surface area contributed by atoms with Gasteiger partial charge in [0.25, 0.3) is 0 Å². The van der Waals surface area contributed by atoms with Gasteiger partial charge in [0.15, 0.2) is 11.5 Å². The summed E-state index contributed by atoms with van der Waals surface area (Å²) in [5.41, 5.74) is 1.07. The van der Waals surface area contributed by atoms with Crippen molar-refractivity contribution in [2.75, 3.05) is 38.3 Å². The number of ether oxygens (including phenoxy) is 2. The number of methoxy groups -OCH3 is 1. The highest BCUT2D eigenvalue weighted by atomic mass is 32.2. The SMILES string of the molecule is CCCOc1ccc(CN(CCC)C(=O)CC2CSCCN2)cc1OC. The van der Waals surface area contributed by atoms with E-state index in [2.05, 4.69) is 19.2 Å². The van der Waals surface area contributed by atoms with Gasteiger partial charge in [-0.1, -0.05) is 19.9 Å². The number of rotatable bonds is 10. The van der Waals surface area contributed by atoms with Gasteiger partial charge in [0.1, 0.15) is 0 Å². The molecule has 1 heterocycles. The Morgan fingerprint density at radius 1 is 1.31 bits per heavy atom. The molecule has 2 rings (SSSR count). The van der Waals surface area contributed by atoms with Crippen LogP contribution in [0.5, 0.6) is 11.5 Å². The molecule has 1 atom stereocenters. The molecule has 1 fully saturated rings. The number of benzene rings is 1. The van der Waals surface area contributed by atoms with E-state index < -0.39 is 0 Å². The average Bonchev–Trinajstić information content (AvgIpc) is 2.67. The van der Waals surface area contributed by atoms with E-state index in [9.17, 15) is 4.79 Å². The zero-order valence-electron chi connectivity index (χ0n) is 16.3. The zero-order chi connectivity index (χ0) is 18.8. The van der Waals surface area contributed by atoms with E-state index in [0.29, 0.717) is 25.6 Å². The number of carbonyl (C=O) groups excluding carboxylic acids is 1. The summed E-state index contributed by atoms with van der Waals surface area (Å²) in [6.07, 6.45) is 2.48. The molecule has 1 aliphatic rings. The molecule has 0 aromatic heterocycles. The molecule has 1 amide bonds. The highest BCUT2D eigenvalue weighted by Gasteiger charge is 2.21. The zero-order valence-corrected chi connectivity index (χ0v) is 17.1. The van der Waals surface area contributed by atoms with Crippen LogP contribution in [-0.4, -0.2) is 55.2 Å². The van der Waals surface area contributed by atoms with Gasteiger partial charge in [-0.15, -0.1) is 0 Å². The number of thioether (sulfide) groups is 1. The van der Waals surface area contributed by atoms with Gasteiger partial charge >= 0.3 is 0 Å². The van der Waals surface area contributed by atoms with Gasteiger partial charge in [-0.05, 0) is 30.5 Å². The minimum Gasteiger partial charge on any atom is -0.493 e. The molecule has 1 unspecified atom stereocenters. The second-order valence-corrected chi connectivity index (χ2v) is 7.73. The predicted molar refractivity (Wildman–Crippen MR) is 108 cm³/mol. The summed E-state index contributed by atoms with van der Waals surface area (Å²) in [6, 6.07) is 6.24. The first-order chi connectivity index (χ1) is 12.7. The molecule has 5 nitrogen and oxygen atoms in total. The summed E-state index contributed by atoms with van der Waals surface area (Å²) in [5, 5.41) is 3.45. The third-order valence-corrected chi connectivity index (χ3v) is 5.46. The van der Waals surface area contributed by atoms with Crippen LogP contribution in [-0.2, 0) is 11.3 Å². The second-order valence-electron chi connectivity index (χ2n) is 6.58. The minimum absolute atomic E-state index is 0.220. The minimum atomic E-state index is 0.220. The Balaban J connectivity index is 2.02. The summed E-state index contributed by atoms with van der Waals surface area (Å²) >= 11 is 1.92. The fraction of sp³-hybridized carbons (Fsp3) is 0.650. The molecule has 0 bridgehead atoms. The molecule has 0 aliphatic carbocycles. The lowest BCUT2D eigenvalue weighted by Crippen LogP contribution is -2.42. The molecule has 1 N–H and O–H groups in total. The Kier molecular flexibility index (Phi) is 9.12. The average molecular weight is 381 g/mol. The Labute approximate surface area is 161 Å². The van der Waals surface area contributed by atoms with Gasteiger partial charge in [-0.3, -0.25) is 4.79 Å². The summed E-state index contributed by atoms with van der Waals surface area (Å²) in [4.78, 5) is 14.7. The number of hydrogen-bond acceptors (Lipinski definition) is 5. The number of nitrogens with one attached hydrogen (secondary N) is 1. The van der Waals surface area contributed by atoms with Gasteiger partial charge in [-0.2, -0.15) is 11.8 Å². The molecule has 6 heteroatoms. The molecular formula is C20H32N2O3S. The lowest BCUT2D eigenvalue weighted by molar-refractivity contribution is -0.132. The summed E-state index contributed by atoms with van der Waals surface area (Å²) in [7, 11) is 1.65. The van der Waals surface area contributed by atoms with Crippen molar-refractivity contribution in [3.63, 3.8) is 0 Å². The molecular weight excluding hydrogens is 348 g/mol. The molecule has 1 aromatic carbocycles. The Morgan fingerprint density at radius 3 is 2.81 bits per heavy atom. The Hall–Kier alpha value is -1.40. The third-order valence-electron chi connectivity index (χ3n) is 4.33. The van der Waals surface area contributed by atoms with Crippen molar-refractivity contribution in [3.05, 3.63) is 23.8 Å². The van der Waals surface area contributed by atoms with Gasteiger partial charge in [0.05, 0.1) is 13.7 Å². The molecule has 1 saturated heterocycles. The lowest BCUT2D eigenvalue weighted by Gasteiger charge is -2.27. The largest absolute Gasteiger partial charge is 0.493 e. The monoisotopic (exact) mass is 380 g/mol. The van der Waals surface area contributed by atoms with E-state index in [1.54, 1.807) is 7.11 Å². The maximum absolute atomic E-state index is 12.8. The van der Waals surface area contributed by atoms with Crippen molar-refractivity contribution in [2.24, 2.45) is 0 Å². The fourth-order valence-corrected chi connectivity index (χ4v) is 3.96. The first-order valence-electron chi connectivity index (χ1n) is 9.56. The maximum atomic E-state index is 12.8. The number of hydrogen-bond donors (Lipinski definition) is 1. The van der Waals surface area contributed by atoms with Crippen molar-refractivity contribution in [1.29, 1.82) is 0 Å². The van der Waals surface area contributed by atoms with Crippen LogP contribution in [0, 0.1) is 0 Å². The first-order valence-corrected chi connectivity index (χ1v) is 10.7. The normalized spacial score (nSPS) is 17.0. The van der Waals surface area contributed by atoms with Gasteiger partial charge in [0.2, 0.25) is 5.91 Å². The van der Waals surface area contributed by atoms with Crippen molar-refractivity contribution >= 4 is 17.7 Å². The van der Waals surface area contributed by atoms with Crippen LogP contribution < -0.4 is 14.8 Å². The van der Waals surface area contributed by atoms with Crippen LogP contribution in [0.1, 0.15) is 38.7 Å². The van der Waals surface area contributed by atoms with Crippen LogP contribution in [0.2, 0.25) is 0 Å². The van der Waals surface area contributed by atoms with Crippen molar-refractivity contribution in [1.82, 2.24) is 10.2 Å². The van der Waals surface area contributed by atoms with Gasteiger partial charge in [-0.25, -0.2) is 0 Å². The van der Waals surface area contributed by atoms with Crippen molar-refractivity contribution < 1.29 is 14.3 Å². The van der Waals surface area contributed by atoms with Gasteiger partial charge < -0.3 is 19.7 Å². The van der Waals surface area contributed by atoms with Crippen LogP contribution in [0.25, 0.3) is 0 Å². The van der Waals surface area contributed by atoms with Crippen LogP contribution in [0.15, 0.2) is 18.2 Å². The maximum Gasteiger partial charge on any atom is 0.224 e. The van der Waals surface area contributed by atoms with E-state index in [1.165, 1.54) is 0 Å². The van der Waals surface area contributed by atoms with Crippen LogP contribution in [0.3, 0.4) is 0 Å². The highest BCUT2D eigenvalue weighted by Crippen LogP contribution is 2.29. The predicted octanol–water partition coefficient (Wildman–Crippen LogP) is 3.32. The Bertz CT molecular complexity index is 562. The summed E-state index contributed by atoms with van der Waals surface area (Å²) < 4.78 is 11.2.